The highest BCUT2D eigenvalue weighted by Crippen LogP contribution is 2.48. The molecular formula is C16H18O4. The molecule has 106 valence electrons. The van der Waals surface area contributed by atoms with E-state index >= 15 is 0 Å². The Morgan fingerprint density at radius 1 is 1.60 bits per heavy atom. The van der Waals surface area contributed by atoms with Crippen molar-refractivity contribution in [3.8, 4) is 0 Å². The fourth-order valence-electron chi connectivity index (χ4n) is 2.70. The predicted octanol–water partition coefficient (Wildman–Crippen LogP) is 2.69. The fourth-order valence-corrected chi connectivity index (χ4v) is 2.70. The van der Waals surface area contributed by atoms with E-state index in [2.05, 4.69) is 13.2 Å². The minimum atomic E-state index is -0.505. The van der Waals surface area contributed by atoms with Gasteiger partial charge in [0.1, 0.15) is 5.76 Å². The quantitative estimate of drug-likeness (QED) is 0.451. The molecule has 2 atom stereocenters. The molecule has 0 aromatic carbocycles. The van der Waals surface area contributed by atoms with Gasteiger partial charge in [-0.3, -0.25) is 0 Å². The number of hydrogen-bond donors (Lipinski definition) is 0. The summed E-state index contributed by atoms with van der Waals surface area (Å²) in [6, 6.07) is 0. The van der Waals surface area contributed by atoms with Crippen LogP contribution in [0.2, 0.25) is 0 Å². The third kappa shape index (κ3) is 2.01. The van der Waals surface area contributed by atoms with Crippen molar-refractivity contribution in [2.75, 3.05) is 7.11 Å². The summed E-state index contributed by atoms with van der Waals surface area (Å²) in [5.41, 5.74) is 1.30. The highest BCUT2D eigenvalue weighted by atomic mass is 16.5. The van der Waals surface area contributed by atoms with E-state index in [1.165, 1.54) is 7.11 Å². The van der Waals surface area contributed by atoms with E-state index in [1.54, 1.807) is 13.0 Å². The van der Waals surface area contributed by atoms with Crippen LogP contribution in [0.3, 0.4) is 0 Å². The van der Waals surface area contributed by atoms with Crippen molar-refractivity contribution in [1.82, 2.24) is 0 Å². The number of ether oxygens (including phenoxy) is 2. The average Bonchev–Trinajstić information content (AvgIpc) is 2.70. The van der Waals surface area contributed by atoms with E-state index in [9.17, 15) is 9.59 Å². The molecule has 0 N–H and O–H groups in total. The van der Waals surface area contributed by atoms with Crippen molar-refractivity contribution in [3.05, 3.63) is 47.8 Å². The second-order valence-electron chi connectivity index (χ2n) is 5.35. The highest BCUT2D eigenvalue weighted by Gasteiger charge is 2.43. The van der Waals surface area contributed by atoms with Gasteiger partial charge >= 0.3 is 11.9 Å². The Bertz CT molecular complexity index is 579. The maximum atomic E-state index is 11.8. The molecule has 0 saturated heterocycles. The third-order valence-electron chi connectivity index (χ3n) is 4.17. The van der Waals surface area contributed by atoms with Crippen LogP contribution in [0.4, 0.5) is 0 Å². The molecule has 2 aliphatic rings. The fraction of sp³-hybridized carbons (Fsp3) is 0.375. The Morgan fingerprint density at radius 2 is 2.25 bits per heavy atom. The Labute approximate surface area is 118 Å². The standard InChI is InChI=1S/C16H18O4/c1-6-16(4)8-13-11(9(2)15(18)20-13)7-12(16)10(3)14(17)19-5/h6,8,12H,1,3,7H2,2,4-5H3/t12-,16+/m0/s1. The van der Waals surface area contributed by atoms with Gasteiger partial charge in [-0.05, 0) is 19.4 Å². The van der Waals surface area contributed by atoms with Crippen LogP contribution in [-0.4, -0.2) is 19.0 Å². The van der Waals surface area contributed by atoms with Gasteiger partial charge in [0.05, 0.1) is 7.11 Å². The number of carbonyl (C=O) groups is 2. The first kappa shape index (κ1) is 14.3. The summed E-state index contributed by atoms with van der Waals surface area (Å²) in [4.78, 5) is 23.4. The number of carbonyl (C=O) groups excluding carboxylic acids is 2. The third-order valence-corrected chi connectivity index (χ3v) is 4.17. The van der Waals surface area contributed by atoms with Gasteiger partial charge in [0, 0.05) is 28.1 Å². The second-order valence-corrected chi connectivity index (χ2v) is 5.35. The van der Waals surface area contributed by atoms with E-state index in [4.69, 9.17) is 9.47 Å². The molecule has 0 radical (unpaired) electrons. The molecule has 4 heteroatoms. The Morgan fingerprint density at radius 3 is 2.80 bits per heavy atom. The molecule has 0 fully saturated rings. The van der Waals surface area contributed by atoms with Crippen molar-refractivity contribution in [3.63, 3.8) is 0 Å². The molecule has 4 nitrogen and oxygen atoms in total. The van der Waals surface area contributed by atoms with Crippen LogP contribution in [0.15, 0.2) is 47.8 Å². The summed E-state index contributed by atoms with van der Waals surface area (Å²) >= 11 is 0. The largest absolute Gasteiger partial charge is 0.466 e. The summed E-state index contributed by atoms with van der Waals surface area (Å²) in [6.07, 6.45) is 4.10. The first-order valence-corrected chi connectivity index (χ1v) is 6.40. The lowest BCUT2D eigenvalue weighted by Crippen LogP contribution is -2.32. The number of fused-ring (bicyclic) bond motifs is 1. The first-order valence-electron chi connectivity index (χ1n) is 6.40. The van der Waals surface area contributed by atoms with Crippen LogP contribution in [-0.2, 0) is 19.1 Å². The highest BCUT2D eigenvalue weighted by molar-refractivity contribution is 5.94. The molecule has 0 amide bonds. The predicted molar refractivity (Wildman–Crippen MR) is 74.4 cm³/mol. The lowest BCUT2D eigenvalue weighted by Gasteiger charge is -2.37. The smallest absolute Gasteiger partial charge is 0.339 e. The molecule has 0 unspecified atom stereocenters. The molecule has 0 saturated carbocycles. The molecule has 20 heavy (non-hydrogen) atoms. The Kier molecular flexibility index (Phi) is 3.42. The molecule has 0 aromatic rings. The first-order chi connectivity index (χ1) is 9.34. The summed E-state index contributed by atoms with van der Waals surface area (Å²) < 4.78 is 10.00. The number of allylic oxidation sites excluding steroid dienone is 3. The van der Waals surface area contributed by atoms with E-state index in [0.29, 0.717) is 23.3 Å². The second kappa shape index (κ2) is 4.78. The van der Waals surface area contributed by atoms with Gasteiger partial charge < -0.3 is 9.47 Å². The summed E-state index contributed by atoms with van der Waals surface area (Å²) in [5.74, 6) is -0.398. The molecule has 1 aliphatic carbocycles. The van der Waals surface area contributed by atoms with Crippen LogP contribution in [0.5, 0.6) is 0 Å². The molecule has 0 aromatic heterocycles. The molecule has 0 spiro atoms. The Balaban J connectivity index is 2.49. The number of rotatable bonds is 3. The normalized spacial score (nSPS) is 28.4. The van der Waals surface area contributed by atoms with Gasteiger partial charge in [0.25, 0.3) is 0 Å². The van der Waals surface area contributed by atoms with Gasteiger partial charge in [0.2, 0.25) is 0 Å². The SMILES string of the molecule is C=C[C@]1(C)C=C2OC(=O)C(C)=C2C[C@H]1C(=C)C(=O)OC. The minimum absolute atomic E-state index is 0.198. The number of hydrogen-bond acceptors (Lipinski definition) is 4. The van der Waals surface area contributed by atoms with Crippen LogP contribution < -0.4 is 0 Å². The van der Waals surface area contributed by atoms with Crippen LogP contribution in [0, 0.1) is 11.3 Å². The van der Waals surface area contributed by atoms with E-state index in [-0.39, 0.29) is 11.9 Å². The van der Waals surface area contributed by atoms with Crippen molar-refractivity contribution in [1.29, 1.82) is 0 Å². The zero-order valence-electron chi connectivity index (χ0n) is 12.0. The molecule has 0 bridgehead atoms. The number of esters is 2. The van der Waals surface area contributed by atoms with Crippen molar-refractivity contribution in [2.24, 2.45) is 11.3 Å². The Hall–Kier alpha value is -2.10. The van der Waals surface area contributed by atoms with Gasteiger partial charge in [0.15, 0.2) is 0 Å². The van der Waals surface area contributed by atoms with Crippen LogP contribution >= 0.6 is 0 Å². The maximum Gasteiger partial charge on any atom is 0.339 e. The van der Waals surface area contributed by atoms with Crippen LogP contribution in [0.25, 0.3) is 0 Å². The van der Waals surface area contributed by atoms with E-state index in [0.717, 1.165) is 5.57 Å². The van der Waals surface area contributed by atoms with E-state index < -0.39 is 11.4 Å². The van der Waals surface area contributed by atoms with Gasteiger partial charge in [-0.2, -0.15) is 0 Å². The van der Waals surface area contributed by atoms with Gasteiger partial charge in [-0.15, -0.1) is 6.58 Å². The van der Waals surface area contributed by atoms with Crippen molar-refractivity contribution < 1.29 is 19.1 Å². The number of methoxy groups -OCH3 is 1. The monoisotopic (exact) mass is 274 g/mol. The van der Waals surface area contributed by atoms with Gasteiger partial charge in [-0.25, -0.2) is 9.59 Å². The minimum Gasteiger partial charge on any atom is -0.466 e. The topological polar surface area (TPSA) is 52.6 Å². The summed E-state index contributed by atoms with van der Waals surface area (Å²) in [5, 5.41) is 0. The average molecular weight is 274 g/mol. The lowest BCUT2D eigenvalue weighted by molar-refractivity contribution is -0.137. The van der Waals surface area contributed by atoms with Gasteiger partial charge in [-0.1, -0.05) is 19.6 Å². The van der Waals surface area contributed by atoms with E-state index in [1.807, 2.05) is 13.0 Å². The molecule has 2 rings (SSSR count). The molecular weight excluding hydrogens is 256 g/mol. The zero-order valence-corrected chi connectivity index (χ0v) is 12.0. The van der Waals surface area contributed by atoms with Crippen molar-refractivity contribution >= 4 is 11.9 Å². The maximum absolute atomic E-state index is 11.8. The van der Waals surface area contributed by atoms with Crippen LogP contribution in [0.1, 0.15) is 20.3 Å². The summed E-state index contributed by atoms with van der Waals surface area (Å²) in [6.45, 7) is 11.3. The lowest BCUT2D eigenvalue weighted by atomic mass is 9.66. The molecule has 1 heterocycles. The van der Waals surface area contributed by atoms with Crippen molar-refractivity contribution in [2.45, 2.75) is 20.3 Å². The zero-order chi connectivity index (χ0) is 15.1. The molecule has 1 aliphatic heterocycles. The summed E-state index contributed by atoms with van der Waals surface area (Å²) in [7, 11) is 1.33.